The first-order chi connectivity index (χ1) is 21.3. The van der Waals surface area contributed by atoms with Gasteiger partial charge in [-0.1, -0.05) is 74.5 Å². The Bertz CT molecular complexity index is 1570. The van der Waals surface area contributed by atoms with Crippen molar-refractivity contribution < 1.29 is 28.4 Å². The molecule has 1 saturated heterocycles. The van der Waals surface area contributed by atoms with E-state index in [2.05, 4.69) is 27.8 Å². The summed E-state index contributed by atoms with van der Waals surface area (Å²) in [7, 11) is -0.511. The van der Waals surface area contributed by atoms with Gasteiger partial charge in [-0.2, -0.15) is 4.99 Å². The van der Waals surface area contributed by atoms with E-state index >= 15 is 0 Å². The third kappa shape index (κ3) is 6.72. The summed E-state index contributed by atoms with van der Waals surface area (Å²) in [6, 6.07) is 22.4. The number of aliphatic imine (C=N–C) groups is 1. The summed E-state index contributed by atoms with van der Waals surface area (Å²) in [6.45, 7) is 13.1. The normalized spacial score (nSPS) is 17.4. The third-order valence-electron chi connectivity index (χ3n) is 8.77. The van der Waals surface area contributed by atoms with Gasteiger partial charge in [0.1, 0.15) is 18.4 Å². The average molecular weight is 610 g/mol. The summed E-state index contributed by atoms with van der Waals surface area (Å²) < 4.78 is 17.7. The molecule has 1 atom stereocenters. The molecule has 1 aliphatic carbocycles. The van der Waals surface area contributed by atoms with Crippen molar-refractivity contribution in [3.05, 3.63) is 83.9 Å². The molecule has 3 aromatic rings. The van der Waals surface area contributed by atoms with Gasteiger partial charge in [0.25, 0.3) is 5.91 Å². The first-order valence-electron chi connectivity index (χ1n) is 15.3. The van der Waals surface area contributed by atoms with Crippen LogP contribution in [-0.4, -0.2) is 54.6 Å². The highest BCUT2D eigenvalue weighted by Crippen LogP contribution is 2.44. The lowest BCUT2D eigenvalue weighted by molar-refractivity contribution is -0.122. The number of benzene rings is 3. The van der Waals surface area contributed by atoms with Gasteiger partial charge in [-0.3, -0.25) is 9.59 Å². The smallest absolute Gasteiger partial charge is 0.447 e. The van der Waals surface area contributed by atoms with Gasteiger partial charge in [0, 0.05) is 17.5 Å². The summed E-state index contributed by atoms with van der Waals surface area (Å²) >= 11 is 0. The monoisotopic (exact) mass is 609 g/mol. The number of anilines is 1. The second-order valence-corrected chi connectivity index (χ2v) is 12.9. The number of rotatable bonds is 8. The Morgan fingerprint density at radius 3 is 1.91 bits per heavy atom. The van der Waals surface area contributed by atoms with Crippen LogP contribution in [0.2, 0.25) is 0 Å². The van der Waals surface area contributed by atoms with E-state index in [4.69, 9.17) is 14.0 Å². The minimum absolute atomic E-state index is 0.0152. The van der Waals surface area contributed by atoms with Crippen molar-refractivity contribution in [3.63, 3.8) is 0 Å². The molecule has 0 aromatic heterocycles. The second kappa shape index (κ2) is 12.6. The van der Waals surface area contributed by atoms with Gasteiger partial charge in [-0.25, -0.2) is 4.79 Å². The lowest BCUT2D eigenvalue weighted by Gasteiger charge is -2.32. The van der Waals surface area contributed by atoms with Crippen LogP contribution in [0.3, 0.4) is 0 Å². The van der Waals surface area contributed by atoms with Crippen LogP contribution >= 0.6 is 0 Å². The van der Waals surface area contributed by atoms with Crippen molar-refractivity contribution in [2.24, 2.45) is 10.9 Å². The minimum atomic E-state index is -0.897. The average Bonchev–Trinajstić information content (AvgIpc) is 3.43. The Kier molecular flexibility index (Phi) is 9.01. The van der Waals surface area contributed by atoms with Crippen molar-refractivity contribution in [3.8, 4) is 11.1 Å². The van der Waals surface area contributed by atoms with E-state index in [0.717, 1.165) is 27.7 Å². The molecule has 1 unspecified atom stereocenters. The molecule has 234 valence electrons. The van der Waals surface area contributed by atoms with Crippen LogP contribution in [0.25, 0.3) is 11.1 Å². The molecule has 10 heteroatoms. The van der Waals surface area contributed by atoms with E-state index in [9.17, 15) is 14.4 Å². The molecule has 2 N–H and O–H groups in total. The summed E-state index contributed by atoms with van der Waals surface area (Å²) in [6.07, 6.45) is -0.852. The number of hydrogen-bond acceptors (Lipinski definition) is 6. The van der Waals surface area contributed by atoms with Crippen LogP contribution < -0.4 is 16.1 Å². The van der Waals surface area contributed by atoms with E-state index < -0.39 is 42.3 Å². The Labute approximate surface area is 264 Å². The first kappa shape index (κ1) is 32.1. The highest BCUT2D eigenvalue weighted by Gasteiger charge is 2.51. The predicted octanol–water partition coefficient (Wildman–Crippen LogP) is 5.48. The standard InChI is InChI=1S/C35H40BN3O6/c1-21(2)30(39-33(42)43-20-29-27-14-10-8-12-25(27)26-13-9-11-15-28(26)29)32(41)37-22(3)31(40)38-24-18-16-23(17-19-24)36-44-34(4,5)35(6,7)45-36/h8-19,21-22,29H,20H2,1-7H3,(H,37,41)(H,38,40). The number of amides is 3. The molecule has 45 heavy (non-hydrogen) atoms. The molecule has 9 nitrogen and oxygen atoms in total. The van der Waals surface area contributed by atoms with Crippen LogP contribution in [0.4, 0.5) is 10.5 Å². The van der Waals surface area contributed by atoms with Crippen molar-refractivity contribution >= 4 is 41.9 Å². The molecule has 3 aromatic carbocycles. The summed E-state index contributed by atoms with van der Waals surface area (Å²) in [4.78, 5) is 42.8. The molecule has 0 bridgehead atoms. The number of hydrogen-bond donors (Lipinski definition) is 2. The Balaban J connectivity index is 1.17. The van der Waals surface area contributed by atoms with Crippen LogP contribution in [0, 0.1) is 5.92 Å². The zero-order valence-corrected chi connectivity index (χ0v) is 26.8. The first-order valence-corrected chi connectivity index (χ1v) is 15.3. The Hall–Kier alpha value is -4.28. The molecule has 3 amide bonds. The van der Waals surface area contributed by atoms with Crippen LogP contribution in [-0.2, 0) is 23.6 Å². The molecule has 1 fully saturated rings. The highest BCUT2D eigenvalue weighted by molar-refractivity contribution is 6.62. The molecule has 5 rings (SSSR count). The molecule has 1 heterocycles. The van der Waals surface area contributed by atoms with Crippen molar-refractivity contribution in [2.45, 2.75) is 71.6 Å². The van der Waals surface area contributed by atoms with Crippen molar-refractivity contribution in [2.75, 3.05) is 11.9 Å². The topological polar surface area (TPSA) is 115 Å². The number of nitrogens with zero attached hydrogens (tertiary/aromatic N) is 1. The number of carbonyl (C=O) groups is 3. The molecule has 0 saturated carbocycles. The van der Waals surface area contributed by atoms with Crippen LogP contribution in [0.5, 0.6) is 0 Å². The molecule has 0 spiro atoms. The number of nitrogens with one attached hydrogen (secondary N) is 2. The number of ether oxygens (including phenoxy) is 1. The van der Waals surface area contributed by atoms with Gasteiger partial charge in [0.2, 0.25) is 5.91 Å². The van der Waals surface area contributed by atoms with Gasteiger partial charge < -0.3 is 24.7 Å². The van der Waals surface area contributed by atoms with Crippen molar-refractivity contribution in [1.82, 2.24) is 5.32 Å². The van der Waals surface area contributed by atoms with Gasteiger partial charge in [0.15, 0.2) is 0 Å². The third-order valence-corrected chi connectivity index (χ3v) is 8.77. The van der Waals surface area contributed by atoms with Crippen molar-refractivity contribution in [1.29, 1.82) is 0 Å². The highest BCUT2D eigenvalue weighted by atomic mass is 16.7. The second-order valence-electron chi connectivity index (χ2n) is 12.9. The largest absolute Gasteiger partial charge is 0.494 e. The zero-order valence-electron chi connectivity index (χ0n) is 26.8. The van der Waals surface area contributed by atoms with Gasteiger partial charge in [-0.05, 0) is 74.5 Å². The summed E-state index contributed by atoms with van der Waals surface area (Å²) in [5.41, 5.74) is 4.86. The Morgan fingerprint density at radius 2 is 1.38 bits per heavy atom. The predicted molar refractivity (Wildman–Crippen MR) is 176 cm³/mol. The minimum Gasteiger partial charge on any atom is -0.447 e. The SMILES string of the molecule is CC(C)C(=NC(=O)OCC1c2ccccc2-c2ccccc21)C(=O)NC(C)C(=O)Nc1ccc(B2OC(C)(C)C(C)(C)O2)cc1. The summed E-state index contributed by atoms with van der Waals surface area (Å²) in [5.74, 6) is -1.54. The van der Waals surface area contributed by atoms with Gasteiger partial charge in [-0.15, -0.1) is 0 Å². The maximum absolute atomic E-state index is 13.1. The summed E-state index contributed by atoms with van der Waals surface area (Å²) in [5, 5.41) is 5.46. The van der Waals surface area contributed by atoms with Crippen LogP contribution in [0.15, 0.2) is 77.8 Å². The molecular weight excluding hydrogens is 569 g/mol. The van der Waals surface area contributed by atoms with Gasteiger partial charge in [0.05, 0.1) is 11.2 Å². The van der Waals surface area contributed by atoms with E-state index in [0.29, 0.717) is 5.69 Å². The quantitative estimate of drug-likeness (QED) is 0.259. The maximum atomic E-state index is 13.1. The molecular formula is C35H40BN3O6. The zero-order chi connectivity index (χ0) is 32.5. The maximum Gasteiger partial charge on any atom is 0.494 e. The fourth-order valence-electron chi connectivity index (χ4n) is 5.46. The van der Waals surface area contributed by atoms with E-state index in [1.54, 1.807) is 32.9 Å². The Morgan fingerprint density at radius 1 is 0.844 bits per heavy atom. The van der Waals surface area contributed by atoms with E-state index in [1.165, 1.54) is 0 Å². The van der Waals surface area contributed by atoms with E-state index in [-0.39, 0.29) is 24.2 Å². The number of fused-ring (bicyclic) bond motifs is 3. The lowest BCUT2D eigenvalue weighted by atomic mass is 9.79. The molecule has 1 aliphatic heterocycles. The van der Waals surface area contributed by atoms with Gasteiger partial charge >= 0.3 is 13.2 Å². The fraction of sp³-hybridized carbons (Fsp3) is 0.371. The fourth-order valence-corrected chi connectivity index (χ4v) is 5.46. The van der Waals surface area contributed by atoms with Crippen LogP contribution in [0.1, 0.15) is 65.5 Å². The van der Waals surface area contributed by atoms with E-state index in [1.807, 2.05) is 76.2 Å². The molecule has 0 radical (unpaired) electrons. The lowest BCUT2D eigenvalue weighted by Crippen LogP contribution is -2.45. The number of carbonyl (C=O) groups excluding carboxylic acids is 3. The molecule has 2 aliphatic rings.